The van der Waals surface area contributed by atoms with E-state index in [0.29, 0.717) is 0 Å². The van der Waals surface area contributed by atoms with Gasteiger partial charge in [0.2, 0.25) is 9.05 Å². The smallest absolute Gasteiger partial charge is 0.212 e. The maximum absolute atomic E-state index is 9.93. The van der Waals surface area contributed by atoms with E-state index in [1.807, 2.05) is 30.3 Å². The maximum atomic E-state index is 9.93. The molecule has 0 atom stereocenters. The van der Waals surface area contributed by atoms with Gasteiger partial charge in [-0.3, -0.25) is 0 Å². The summed E-state index contributed by atoms with van der Waals surface area (Å²) in [5.74, 6) is -0.158. The van der Waals surface area contributed by atoms with Gasteiger partial charge in [0.05, 0.1) is 5.75 Å². The summed E-state index contributed by atoms with van der Waals surface area (Å²) >= 11 is 5.54. The van der Waals surface area contributed by atoms with Gasteiger partial charge in [-0.2, -0.15) is 0 Å². The molecule has 0 N–H and O–H groups in total. The first kappa shape index (κ1) is 13.5. The van der Waals surface area contributed by atoms with Crippen LogP contribution < -0.4 is 0 Å². The standard InChI is InChI=1S/C6H5Cl.C3H5ClO2S/c7-6-4-2-1-3-5-6;1-2-3-7(4,5)6/h1-5H;2H,1,3H2. The summed E-state index contributed by atoms with van der Waals surface area (Å²) in [6.07, 6.45) is 1.24. The minimum Gasteiger partial charge on any atom is -0.212 e. The Morgan fingerprint density at radius 2 is 1.79 bits per heavy atom. The molecule has 0 unspecified atom stereocenters. The number of hydrogen-bond donors (Lipinski definition) is 0. The van der Waals surface area contributed by atoms with E-state index >= 15 is 0 Å². The molecule has 0 aliphatic rings. The molecule has 0 bridgehead atoms. The van der Waals surface area contributed by atoms with E-state index in [0.717, 1.165) is 5.02 Å². The van der Waals surface area contributed by atoms with Crippen LogP contribution in [0.15, 0.2) is 43.0 Å². The summed E-state index contributed by atoms with van der Waals surface area (Å²) in [4.78, 5) is 0. The van der Waals surface area contributed by atoms with Gasteiger partial charge < -0.3 is 0 Å². The Bertz CT molecular complexity index is 360. The molecule has 0 fully saturated rings. The minimum absolute atomic E-state index is 0.158. The van der Waals surface area contributed by atoms with Crippen molar-refractivity contribution >= 4 is 31.3 Å². The normalized spacial score (nSPS) is 9.86. The molecule has 1 aromatic carbocycles. The van der Waals surface area contributed by atoms with Gasteiger partial charge in [0.15, 0.2) is 0 Å². The van der Waals surface area contributed by atoms with Crippen molar-refractivity contribution in [3.05, 3.63) is 48.0 Å². The number of halogens is 2. The van der Waals surface area contributed by atoms with E-state index in [1.165, 1.54) is 6.08 Å². The minimum atomic E-state index is -3.32. The quantitative estimate of drug-likeness (QED) is 0.599. The van der Waals surface area contributed by atoms with Crippen LogP contribution >= 0.6 is 22.3 Å². The van der Waals surface area contributed by atoms with Crippen molar-refractivity contribution in [3.8, 4) is 0 Å². The van der Waals surface area contributed by atoms with Gasteiger partial charge in [-0.15, -0.1) is 6.58 Å². The Kier molecular flexibility index (Phi) is 6.62. The fraction of sp³-hybridized carbons (Fsp3) is 0.111. The monoisotopic (exact) mass is 252 g/mol. The van der Waals surface area contributed by atoms with Gasteiger partial charge in [0.1, 0.15) is 0 Å². The second kappa shape index (κ2) is 6.87. The van der Waals surface area contributed by atoms with Gasteiger partial charge in [-0.1, -0.05) is 35.9 Å². The SMILES string of the molecule is C=CCS(=O)(=O)Cl.Clc1ccccc1. The van der Waals surface area contributed by atoms with Crippen LogP contribution in [0, 0.1) is 0 Å². The average molecular weight is 253 g/mol. The lowest BCUT2D eigenvalue weighted by molar-refractivity contribution is 0.612. The Morgan fingerprint density at radius 1 is 1.29 bits per heavy atom. The Morgan fingerprint density at radius 3 is 1.93 bits per heavy atom. The molecule has 1 rings (SSSR count). The zero-order chi connectivity index (χ0) is 11.0. The van der Waals surface area contributed by atoms with Crippen molar-refractivity contribution in [1.29, 1.82) is 0 Å². The molecule has 0 aromatic heterocycles. The molecule has 0 saturated heterocycles. The van der Waals surface area contributed by atoms with E-state index in [1.54, 1.807) is 0 Å². The van der Waals surface area contributed by atoms with E-state index in [4.69, 9.17) is 22.3 Å². The van der Waals surface area contributed by atoms with E-state index in [9.17, 15) is 8.42 Å². The molecule has 0 saturated carbocycles. The predicted molar refractivity (Wildman–Crippen MR) is 61.3 cm³/mol. The first-order chi connectivity index (χ1) is 6.45. The Labute approximate surface area is 93.6 Å². The van der Waals surface area contributed by atoms with Crippen molar-refractivity contribution in [3.63, 3.8) is 0 Å². The maximum Gasteiger partial charge on any atom is 0.236 e. The van der Waals surface area contributed by atoms with Crippen LogP contribution in [-0.4, -0.2) is 14.2 Å². The molecule has 0 radical (unpaired) electrons. The van der Waals surface area contributed by atoms with Crippen molar-refractivity contribution in [2.75, 3.05) is 5.75 Å². The summed E-state index contributed by atoms with van der Waals surface area (Å²) < 4.78 is 19.9. The van der Waals surface area contributed by atoms with E-state index in [2.05, 4.69) is 6.58 Å². The number of rotatable bonds is 2. The third kappa shape index (κ3) is 9.58. The van der Waals surface area contributed by atoms with E-state index in [-0.39, 0.29) is 5.75 Å². The van der Waals surface area contributed by atoms with Crippen LogP contribution in [0.1, 0.15) is 0 Å². The predicted octanol–water partition coefficient (Wildman–Crippen LogP) is 3.08. The summed E-state index contributed by atoms with van der Waals surface area (Å²) in [6, 6.07) is 9.44. The molecule has 1 aromatic rings. The number of hydrogen-bond acceptors (Lipinski definition) is 2. The highest BCUT2D eigenvalue weighted by molar-refractivity contribution is 8.13. The average Bonchev–Trinajstić information content (AvgIpc) is 2.04. The van der Waals surface area contributed by atoms with Crippen molar-refractivity contribution in [2.45, 2.75) is 0 Å². The van der Waals surface area contributed by atoms with Gasteiger partial charge in [-0.05, 0) is 12.1 Å². The highest BCUT2D eigenvalue weighted by atomic mass is 35.7. The zero-order valence-corrected chi connectivity index (χ0v) is 9.69. The zero-order valence-electron chi connectivity index (χ0n) is 7.36. The van der Waals surface area contributed by atoms with Crippen molar-refractivity contribution < 1.29 is 8.42 Å². The Balaban J connectivity index is 0.000000241. The summed E-state index contributed by atoms with van der Waals surface area (Å²) in [5, 5.41) is 0.794. The van der Waals surface area contributed by atoms with Crippen LogP contribution in [0.5, 0.6) is 0 Å². The molecule has 0 amide bonds. The molecular formula is C9H10Cl2O2S. The van der Waals surface area contributed by atoms with Gasteiger partial charge in [0.25, 0.3) is 0 Å². The van der Waals surface area contributed by atoms with Crippen LogP contribution in [0.2, 0.25) is 5.02 Å². The molecule has 14 heavy (non-hydrogen) atoms. The first-order valence-corrected chi connectivity index (χ1v) is 6.55. The largest absolute Gasteiger partial charge is 0.236 e. The van der Waals surface area contributed by atoms with Crippen LogP contribution in [-0.2, 0) is 9.05 Å². The van der Waals surface area contributed by atoms with Crippen LogP contribution in [0.3, 0.4) is 0 Å². The van der Waals surface area contributed by atoms with Crippen LogP contribution in [0.4, 0.5) is 0 Å². The summed E-state index contributed by atoms with van der Waals surface area (Å²) in [6.45, 7) is 3.18. The van der Waals surface area contributed by atoms with Crippen LogP contribution in [0.25, 0.3) is 0 Å². The fourth-order valence-corrected chi connectivity index (χ4v) is 1.25. The molecule has 2 nitrogen and oxygen atoms in total. The third-order valence-corrected chi connectivity index (χ3v) is 2.31. The number of benzene rings is 1. The molecule has 0 aliphatic heterocycles. The van der Waals surface area contributed by atoms with E-state index < -0.39 is 9.05 Å². The molecule has 0 heterocycles. The molecule has 0 spiro atoms. The lowest BCUT2D eigenvalue weighted by Gasteiger charge is -1.80. The van der Waals surface area contributed by atoms with Crippen molar-refractivity contribution in [1.82, 2.24) is 0 Å². The second-order valence-corrected chi connectivity index (χ2v) is 5.55. The third-order valence-electron chi connectivity index (χ3n) is 1.05. The second-order valence-electron chi connectivity index (χ2n) is 2.29. The summed E-state index contributed by atoms with van der Waals surface area (Å²) in [5.41, 5.74) is 0. The molecule has 5 heteroatoms. The lowest BCUT2D eigenvalue weighted by Crippen LogP contribution is -1.90. The topological polar surface area (TPSA) is 34.1 Å². The van der Waals surface area contributed by atoms with Gasteiger partial charge in [-0.25, -0.2) is 8.42 Å². The van der Waals surface area contributed by atoms with Gasteiger partial charge >= 0.3 is 0 Å². The molecule has 78 valence electrons. The summed E-state index contributed by atoms with van der Waals surface area (Å²) in [7, 11) is 1.41. The van der Waals surface area contributed by atoms with Crippen molar-refractivity contribution in [2.24, 2.45) is 0 Å². The highest BCUT2D eigenvalue weighted by Crippen LogP contribution is 2.03. The molecule has 0 aliphatic carbocycles. The van der Waals surface area contributed by atoms with Gasteiger partial charge in [0, 0.05) is 15.7 Å². The first-order valence-electron chi connectivity index (χ1n) is 3.69. The molecular weight excluding hydrogens is 243 g/mol. The highest BCUT2D eigenvalue weighted by Gasteiger charge is 1.97. The Hall–Kier alpha value is -0.510. The lowest BCUT2D eigenvalue weighted by atomic mass is 10.4. The fourth-order valence-electron chi connectivity index (χ4n) is 0.555.